The molecule has 4 bridgehead atoms. The van der Waals surface area contributed by atoms with E-state index >= 15 is 0 Å². The molecule has 5 heteroatoms. The number of benzene rings is 2. The van der Waals surface area contributed by atoms with Crippen molar-refractivity contribution in [3.05, 3.63) is 57.6 Å². The monoisotopic (exact) mass is 459 g/mol. The van der Waals surface area contributed by atoms with Crippen molar-refractivity contribution in [3.8, 4) is 11.5 Å². The molecule has 0 spiro atoms. The van der Waals surface area contributed by atoms with E-state index in [-0.39, 0.29) is 0 Å². The van der Waals surface area contributed by atoms with E-state index in [1.807, 2.05) is 43.3 Å². The lowest BCUT2D eigenvalue weighted by molar-refractivity contribution is -0.0206. The van der Waals surface area contributed by atoms with Gasteiger partial charge >= 0.3 is 0 Å². The van der Waals surface area contributed by atoms with Crippen LogP contribution in [-0.2, 0) is 13.2 Å². The van der Waals surface area contributed by atoms with E-state index in [0.29, 0.717) is 29.5 Å². The van der Waals surface area contributed by atoms with Crippen LogP contribution in [0.3, 0.4) is 0 Å². The third-order valence-corrected chi connectivity index (χ3v) is 7.97. The predicted octanol–water partition coefficient (Wildman–Crippen LogP) is 7.03. The molecule has 3 nitrogen and oxygen atoms in total. The second-order valence-corrected chi connectivity index (χ2v) is 10.6. The minimum absolute atomic E-state index is 0.311. The lowest BCUT2D eigenvalue weighted by Crippen LogP contribution is -2.58. The third-order valence-electron chi connectivity index (χ3n) is 7.39. The number of hydrogen-bond acceptors (Lipinski definition) is 3. The minimum Gasteiger partial charge on any atom is -0.490 e. The Bertz CT molecular complexity index is 910. The summed E-state index contributed by atoms with van der Waals surface area (Å²) in [5.74, 6) is 4.20. The Morgan fingerprint density at radius 1 is 0.935 bits per heavy atom. The Morgan fingerprint density at radius 2 is 1.61 bits per heavy atom. The van der Waals surface area contributed by atoms with Crippen molar-refractivity contribution in [3.63, 3.8) is 0 Å². The summed E-state index contributed by atoms with van der Waals surface area (Å²) in [5, 5.41) is 5.37. The Labute approximate surface area is 195 Å². The minimum atomic E-state index is 0.311. The number of nitrogens with one attached hydrogen (secondary N) is 1. The van der Waals surface area contributed by atoms with Crippen LogP contribution in [0.5, 0.6) is 11.5 Å². The first-order chi connectivity index (χ1) is 15.0. The van der Waals surface area contributed by atoms with Gasteiger partial charge in [-0.1, -0.05) is 35.3 Å². The third kappa shape index (κ3) is 4.69. The smallest absolute Gasteiger partial charge is 0.163 e. The molecule has 1 N–H and O–H groups in total. The first-order valence-electron chi connectivity index (χ1n) is 11.6. The highest BCUT2D eigenvalue weighted by Gasteiger charge is 2.50. The molecule has 2 aromatic carbocycles. The molecule has 0 heterocycles. The van der Waals surface area contributed by atoms with Crippen molar-refractivity contribution < 1.29 is 9.47 Å². The highest BCUT2D eigenvalue weighted by molar-refractivity contribution is 6.31. The van der Waals surface area contributed by atoms with Crippen molar-refractivity contribution >= 4 is 23.2 Å². The zero-order valence-corrected chi connectivity index (χ0v) is 19.6. The van der Waals surface area contributed by atoms with Crippen molar-refractivity contribution in [1.82, 2.24) is 5.32 Å². The molecule has 0 unspecified atom stereocenters. The average molecular weight is 460 g/mol. The van der Waals surface area contributed by atoms with Crippen LogP contribution in [0.15, 0.2) is 36.4 Å². The molecular weight excluding hydrogens is 429 g/mol. The first kappa shape index (κ1) is 21.4. The van der Waals surface area contributed by atoms with E-state index < -0.39 is 0 Å². The Balaban J connectivity index is 1.30. The summed E-state index contributed by atoms with van der Waals surface area (Å²) in [6.45, 7) is 3.77. The van der Waals surface area contributed by atoms with Gasteiger partial charge in [0.1, 0.15) is 6.61 Å². The van der Waals surface area contributed by atoms with Gasteiger partial charge in [0.05, 0.1) is 6.61 Å². The molecule has 0 amide bonds. The van der Waals surface area contributed by atoms with Crippen LogP contribution in [0.25, 0.3) is 0 Å². The molecule has 0 atom stereocenters. The summed E-state index contributed by atoms with van der Waals surface area (Å²) in [7, 11) is 0. The maximum absolute atomic E-state index is 6.70. The molecule has 0 aliphatic heterocycles. The fraction of sp³-hybridized carbons (Fsp3) is 0.538. The van der Waals surface area contributed by atoms with Gasteiger partial charge in [0.25, 0.3) is 0 Å². The van der Waals surface area contributed by atoms with Gasteiger partial charge in [-0.2, -0.15) is 0 Å². The van der Waals surface area contributed by atoms with Gasteiger partial charge in [0, 0.05) is 28.2 Å². The molecule has 0 aromatic heterocycles. The van der Waals surface area contributed by atoms with Gasteiger partial charge in [0.2, 0.25) is 0 Å². The Morgan fingerprint density at radius 3 is 2.26 bits per heavy atom. The standard InChI is InChI=1S/C26H31Cl2NO2/c1-2-30-24-10-21(15-29-26-12-18-6-19(13-26)8-20(7-18)14-26)23(28)11-25(24)31-16-17-4-3-5-22(27)9-17/h3-5,9-11,18-20,29H,2,6-8,12-16H2,1H3. The van der Waals surface area contributed by atoms with Crippen LogP contribution in [0.1, 0.15) is 56.6 Å². The van der Waals surface area contributed by atoms with Crippen LogP contribution in [-0.4, -0.2) is 12.1 Å². The molecule has 166 valence electrons. The fourth-order valence-corrected chi connectivity index (χ4v) is 6.92. The zero-order chi connectivity index (χ0) is 21.4. The number of rotatable bonds is 8. The molecule has 4 saturated carbocycles. The highest BCUT2D eigenvalue weighted by Crippen LogP contribution is 2.55. The molecule has 0 radical (unpaired) electrons. The van der Waals surface area contributed by atoms with Gasteiger partial charge in [-0.25, -0.2) is 0 Å². The van der Waals surface area contributed by atoms with Crippen LogP contribution >= 0.6 is 23.2 Å². The number of hydrogen-bond donors (Lipinski definition) is 1. The van der Waals surface area contributed by atoms with Crippen LogP contribution in [0.4, 0.5) is 0 Å². The quantitative estimate of drug-likeness (QED) is 0.459. The normalized spacial score (nSPS) is 28.7. The summed E-state index contributed by atoms with van der Waals surface area (Å²) in [6.07, 6.45) is 8.35. The van der Waals surface area contributed by atoms with Crippen LogP contribution in [0.2, 0.25) is 10.0 Å². The topological polar surface area (TPSA) is 30.5 Å². The van der Waals surface area contributed by atoms with E-state index in [2.05, 4.69) is 5.32 Å². The van der Waals surface area contributed by atoms with E-state index in [4.69, 9.17) is 32.7 Å². The predicted molar refractivity (Wildman–Crippen MR) is 126 cm³/mol. The summed E-state index contributed by atoms with van der Waals surface area (Å²) >= 11 is 12.8. The summed E-state index contributed by atoms with van der Waals surface area (Å²) < 4.78 is 12.0. The second kappa shape index (κ2) is 8.84. The lowest BCUT2D eigenvalue weighted by atomic mass is 9.53. The first-order valence-corrected chi connectivity index (χ1v) is 12.3. The highest BCUT2D eigenvalue weighted by atomic mass is 35.5. The second-order valence-electron chi connectivity index (χ2n) is 9.79. The molecule has 0 saturated heterocycles. The number of halogens is 2. The van der Waals surface area contributed by atoms with E-state index in [1.54, 1.807) is 0 Å². The molecule has 4 fully saturated rings. The van der Waals surface area contributed by atoms with Gasteiger partial charge in [-0.3, -0.25) is 0 Å². The molecule has 2 aromatic rings. The van der Waals surface area contributed by atoms with Gasteiger partial charge in [0.15, 0.2) is 11.5 Å². The van der Waals surface area contributed by atoms with Crippen molar-refractivity contribution in [1.29, 1.82) is 0 Å². The van der Waals surface area contributed by atoms with Crippen LogP contribution in [0, 0.1) is 17.8 Å². The van der Waals surface area contributed by atoms with Gasteiger partial charge in [-0.05, 0) is 92.5 Å². The van der Waals surface area contributed by atoms with E-state index in [9.17, 15) is 0 Å². The Kier molecular flexibility index (Phi) is 6.11. The molecular formula is C26H31Cl2NO2. The van der Waals surface area contributed by atoms with E-state index in [1.165, 1.54) is 38.5 Å². The summed E-state index contributed by atoms with van der Waals surface area (Å²) in [5.41, 5.74) is 2.40. The maximum atomic E-state index is 6.70. The summed E-state index contributed by atoms with van der Waals surface area (Å²) in [6, 6.07) is 11.6. The van der Waals surface area contributed by atoms with Crippen molar-refractivity contribution in [2.45, 2.75) is 64.1 Å². The van der Waals surface area contributed by atoms with Crippen LogP contribution < -0.4 is 14.8 Å². The Hall–Kier alpha value is -1.42. The van der Waals surface area contributed by atoms with Crippen molar-refractivity contribution in [2.24, 2.45) is 17.8 Å². The zero-order valence-electron chi connectivity index (χ0n) is 18.1. The maximum Gasteiger partial charge on any atom is 0.163 e. The molecule has 31 heavy (non-hydrogen) atoms. The van der Waals surface area contributed by atoms with Gasteiger partial charge < -0.3 is 14.8 Å². The lowest BCUT2D eigenvalue weighted by Gasteiger charge is -2.57. The SMILES string of the molecule is CCOc1cc(CNC23CC4CC(CC(C4)C2)C3)c(Cl)cc1OCc1cccc(Cl)c1. The molecule has 4 aliphatic rings. The average Bonchev–Trinajstić information content (AvgIpc) is 2.72. The van der Waals surface area contributed by atoms with Crippen molar-refractivity contribution in [2.75, 3.05) is 6.61 Å². The number of ether oxygens (including phenoxy) is 2. The molecule has 6 rings (SSSR count). The largest absolute Gasteiger partial charge is 0.490 e. The summed E-state index contributed by atoms with van der Waals surface area (Å²) in [4.78, 5) is 0. The molecule has 4 aliphatic carbocycles. The van der Waals surface area contributed by atoms with E-state index in [0.717, 1.165) is 46.2 Å². The van der Waals surface area contributed by atoms with Gasteiger partial charge in [-0.15, -0.1) is 0 Å². The fourth-order valence-electron chi connectivity index (χ4n) is 6.49.